The number of anilines is 1. The maximum absolute atomic E-state index is 13.1. The molecule has 0 bridgehead atoms. The van der Waals surface area contributed by atoms with Gasteiger partial charge >= 0.3 is 18.3 Å². The number of Topliss-reactive ketones (excluding diaryl/α,β-unsaturated/α-hetero) is 1. The van der Waals surface area contributed by atoms with Gasteiger partial charge in [-0.3, -0.25) is 19.0 Å². The number of aromatic nitrogens is 8. The minimum atomic E-state index is -4.69. The monoisotopic (exact) mass is 891 g/mol. The highest BCUT2D eigenvalue weighted by Crippen LogP contribution is 2.36. The summed E-state index contributed by atoms with van der Waals surface area (Å²) in [5.41, 5.74) is 7.84. The zero-order chi connectivity index (χ0) is 44.0. The minimum Gasteiger partial charge on any atom is -0.480 e. The summed E-state index contributed by atoms with van der Waals surface area (Å²) < 4.78 is 107. The van der Waals surface area contributed by atoms with E-state index in [0.29, 0.717) is 28.0 Å². The number of halogens is 10. The summed E-state index contributed by atoms with van der Waals surface area (Å²) >= 11 is 11.1. The van der Waals surface area contributed by atoms with Gasteiger partial charge in [-0.15, -0.1) is 0 Å². The van der Waals surface area contributed by atoms with Crippen molar-refractivity contribution in [1.82, 2.24) is 39.1 Å². The predicted octanol–water partition coefficient (Wildman–Crippen LogP) is 9.30. The first-order chi connectivity index (χ1) is 27.6. The number of aliphatic carboxylic acids is 1. The van der Waals surface area contributed by atoms with Crippen molar-refractivity contribution in [3.05, 3.63) is 122 Å². The Morgan fingerprint density at radius 3 is 1.48 bits per heavy atom. The van der Waals surface area contributed by atoms with Gasteiger partial charge in [-0.05, 0) is 75.2 Å². The highest BCUT2D eigenvalue weighted by atomic mass is 35.5. The smallest absolute Gasteiger partial charge is 0.436 e. The lowest BCUT2D eigenvalue weighted by atomic mass is 10.1. The van der Waals surface area contributed by atoms with E-state index in [9.17, 15) is 44.7 Å². The number of ketones is 1. The van der Waals surface area contributed by atoms with Crippen LogP contribution in [0.4, 0.5) is 40.8 Å². The van der Waals surface area contributed by atoms with Crippen molar-refractivity contribution in [2.45, 2.75) is 79.8 Å². The van der Waals surface area contributed by atoms with Crippen molar-refractivity contribution in [3.63, 3.8) is 0 Å². The van der Waals surface area contributed by atoms with Crippen molar-refractivity contribution < 1.29 is 49.8 Å². The Morgan fingerprint density at radius 2 is 1.10 bits per heavy atom. The van der Waals surface area contributed by atoms with Crippen molar-refractivity contribution in [3.8, 4) is 11.4 Å². The second-order valence-electron chi connectivity index (χ2n) is 12.6. The summed E-state index contributed by atoms with van der Waals surface area (Å²) in [6.07, 6.45) is -4.89. The van der Waals surface area contributed by atoms with E-state index in [2.05, 4.69) is 20.4 Å². The van der Waals surface area contributed by atoms with E-state index in [1.54, 1.807) is 39.8 Å². The van der Waals surface area contributed by atoms with Gasteiger partial charge in [0.25, 0.3) is 0 Å². The third-order valence-electron chi connectivity index (χ3n) is 8.47. The number of alkyl halides is 6. The number of carboxylic acids is 1. The Morgan fingerprint density at radius 1 is 0.700 bits per heavy atom. The SMILES string of the molecule is C.CCc1c(CC(=O)Cn2nc(C(F)(F)F)c(Cl)c2C)cnn1-c1ccc(F)cc1.CCc1c(N)cnn1-c1ccc(F)cc1.Cc1c(Cl)c(C(F)(F)F)nn1CC(=O)O. The lowest BCUT2D eigenvalue weighted by Crippen LogP contribution is -2.16. The number of carboxylic acid groups (broad SMARTS) is 1. The van der Waals surface area contributed by atoms with Gasteiger partial charge < -0.3 is 10.8 Å². The highest BCUT2D eigenvalue weighted by Gasteiger charge is 2.39. The van der Waals surface area contributed by atoms with E-state index >= 15 is 0 Å². The maximum atomic E-state index is 13.1. The van der Waals surface area contributed by atoms with Gasteiger partial charge in [0, 0.05) is 17.7 Å². The van der Waals surface area contributed by atoms with Crippen LogP contribution in [0.3, 0.4) is 0 Å². The van der Waals surface area contributed by atoms with Crippen LogP contribution >= 0.6 is 23.2 Å². The first kappa shape index (κ1) is 48.6. The van der Waals surface area contributed by atoms with Crippen molar-refractivity contribution >= 4 is 40.6 Å². The molecule has 0 amide bonds. The lowest BCUT2D eigenvalue weighted by Gasteiger charge is -2.08. The van der Waals surface area contributed by atoms with Gasteiger partial charge in [0.1, 0.15) is 24.7 Å². The zero-order valence-corrected chi connectivity index (χ0v) is 33.0. The van der Waals surface area contributed by atoms with E-state index in [4.69, 9.17) is 34.0 Å². The largest absolute Gasteiger partial charge is 0.480 e. The fraction of sp³-hybridized carbons (Fsp3) is 0.316. The summed E-state index contributed by atoms with van der Waals surface area (Å²) in [7, 11) is 0. The molecule has 0 aliphatic rings. The van der Waals surface area contributed by atoms with Gasteiger partial charge in [0.05, 0.1) is 56.6 Å². The number of hydrogen-bond acceptors (Lipinski definition) is 7. The second kappa shape index (κ2) is 20.0. The van der Waals surface area contributed by atoms with Crippen LogP contribution in [-0.4, -0.2) is 56.0 Å². The molecule has 0 radical (unpaired) electrons. The molecule has 4 heterocycles. The van der Waals surface area contributed by atoms with Crippen molar-refractivity contribution in [2.75, 3.05) is 5.73 Å². The van der Waals surface area contributed by atoms with Crippen LogP contribution in [0.15, 0.2) is 60.9 Å². The van der Waals surface area contributed by atoms with Gasteiger partial charge in [-0.1, -0.05) is 44.5 Å². The molecule has 0 spiro atoms. The van der Waals surface area contributed by atoms with E-state index in [1.165, 1.54) is 44.3 Å². The van der Waals surface area contributed by atoms with Crippen LogP contribution in [0.1, 0.15) is 61.0 Å². The predicted molar refractivity (Wildman–Crippen MR) is 207 cm³/mol. The molecule has 6 aromatic rings. The van der Waals surface area contributed by atoms with Crippen molar-refractivity contribution in [2.24, 2.45) is 0 Å². The molecule has 0 fully saturated rings. The Hall–Kier alpha value is -5.76. The summed E-state index contributed by atoms with van der Waals surface area (Å²) in [6.45, 7) is 5.55. The molecule has 324 valence electrons. The summed E-state index contributed by atoms with van der Waals surface area (Å²) in [5.74, 6) is -2.25. The van der Waals surface area contributed by atoms with E-state index in [1.807, 2.05) is 13.8 Å². The molecule has 12 nitrogen and oxygen atoms in total. The Labute approximate surface area is 348 Å². The van der Waals surface area contributed by atoms with Crippen LogP contribution in [-0.2, 0) is 54.3 Å². The number of carbonyl (C=O) groups excluding carboxylic acids is 1. The quantitative estimate of drug-likeness (QED) is 0.129. The Balaban J connectivity index is 0.000000262. The van der Waals surface area contributed by atoms with Crippen LogP contribution < -0.4 is 5.73 Å². The van der Waals surface area contributed by atoms with Crippen LogP contribution in [0, 0.1) is 25.5 Å². The van der Waals surface area contributed by atoms with Gasteiger partial charge in [0.15, 0.2) is 17.2 Å². The van der Waals surface area contributed by atoms with Gasteiger partial charge in [0.2, 0.25) is 0 Å². The normalized spacial score (nSPS) is 11.3. The lowest BCUT2D eigenvalue weighted by molar-refractivity contribution is -0.143. The first-order valence-electron chi connectivity index (χ1n) is 17.3. The number of nitrogens with two attached hydrogens (primary N) is 1. The number of hydrogen-bond donors (Lipinski definition) is 2. The number of nitrogens with zero attached hydrogens (tertiary/aromatic N) is 8. The fourth-order valence-electron chi connectivity index (χ4n) is 5.56. The highest BCUT2D eigenvalue weighted by molar-refractivity contribution is 6.32. The van der Waals surface area contributed by atoms with Gasteiger partial charge in [-0.2, -0.15) is 46.7 Å². The Bertz CT molecular complexity index is 2400. The molecular formula is C38H39Cl2F8N9O3. The molecule has 3 N–H and O–H groups in total. The average Bonchev–Trinajstić information content (AvgIpc) is 3.90. The summed E-state index contributed by atoms with van der Waals surface area (Å²) in [4.78, 5) is 22.8. The van der Waals surface area contributed by atoms with Crippen LogP contribution in [0.5, 0.6) is 0 Å². The molecule has 6 rings (SSSR count). The number of carbonyl (C=O) groups is 2. The number of benzene rings is 2. The van der Waals surface area contributed by atoms with Gasteiger partial charge in [-0.25, -0.2) is 18.1 Å². The molecule has 0 saturated carbocycles. The minimum absolute atomic E-state index is 0. The first-order valence-corrected chi connectivity index (χ1v) is 18.1. The molecule has 0 atom stereocenters. The molecule has 0 aliphatic carbocycles. The molecule has 60 heavy (non-hydrogen) atoms. The molecule has 22 heteroatoms. The molecule has 0 saturated heterocycles. The molecule has 2 aromatic carbocycles. The van der Waals surface area contributed by atoms with Crippen molar-refractivity contribution in [1.29, 1.82) is 0 Å². The zero-order valence-electron chi connectivity index (χ0n) is 31.5. The standard InChI is InChI=1S/C19H17ClF4N4O.C11H12FN3.C7H6ClF3N2O2.CH4/c1-3-16-12(9-25-28(16)14-6-4-13(21)5-7-14)8-15(29)10-27-11(2)17(20)18(26-27)19(22,23)24;1-2-11-10(13)7-14-15(11)9-5-3-8(12)4-6-9;1-3-5(8)6(7(9,10)11)12-13(3)2-4(14)15;/h4-7,9H,3,8,10H2,1-2H3;3-7H,2,13H2,1H3;2H2,1H3,(H,14,15);1H4. The fourth-order valence-corrected chi connectivity index (χ4v) is 6.05. The number of rotatable bonds is 10. The maximum Gasteiger partial charge on any atom is 0.436 e. The second-order valence-corrected chi connectivity index (χ2v) is 13.3. The number of nitrogen functional groups attached to an aromatic ring is 1. The van der Waals surface area contributed by atoms with E-state index < -0.39 is 46.3 Å². The molecular weight excluding hydrogens is 853 g/mol. The average molecular weight is 893 g/mol. The topological polar surface area (TPSA) is 152 Å². The van der Waals surface area contributed by atoms with Crippen LogP contribution in [0.25, 0.3) is 11.4 Å². The van der Waals surface area contributed by atoms with Crippen LogP contribution in [0.2, 0.25) is 10.0 Å². The summed E-state index contributed by atoms with van der Waals surface area (Å²) in [5, 5.41) is 22.3. The molecule has 0 unspecified atom stereocenters. The third kappa shape index (κ3) is 11.7. The third-order valence-corrected chi connectivity index (χ3v) is 9.38. The Kier molecular flexibility index (Phi) is 16.2. The summed E-state index contributed by atoms with van der Waals surface area (Å²) in [6, 6.07) is 11.9. The van der Waals surface area contributed by atoms with E-state index in [-0.39, 0.29) is 49.2 Å². The molecule has 4 aromatic heterocycles. The molecule has 0 aliphatic heterocycles. The van der Waals surface area contributed by atoms with E-state index in [0.717, 1.165) is 28.2 Å².